The van der Waals surface area contributed by atoms with Gasteiger partial charge in [0.05, 0.1) is 0 Å². The molecule has 1 aromatic heterocycles. The molecule has 0 fully saturated rings. The van der Waals surface area contributed by atoms with E-state index in [1.165, 1.54) is 6.07 Å². The Morgan fingerprint density at radius 3 is 2.82 bits per heavy atom. The third-order valence-electron chi connectivity index (χ3n) is 3.20. The van der Waals surface area contributed by atoms with Crippen molar-refractivity contribution in [2.24, 2.45) is 0 Å². The summed E-state index contributed by atoms with van der Waals surface area (Å²) < 4.78 is 0. The molecular weight excluding hydrogens is 220 g/mol. The first-order valence-electron chi connectivity index (χ1n) is 5.71. The van der Waals surface area contributed by atoms with E-state index in [2.05, 4.69) is 23.7 Å². The largest absolute Gasteiger partial charge is 0.477 e. The molecule has 1 aromatic rings. The third kappa shape index (κ3) is 2.24. The standard InChI is InChI=1S/C12H16N2O3/c1-7(2)14-4-3-10-8(6-14)5-9(12(16)17)11(15)13-10/h5,7H,3-4,6H2,1-2H3,(H,13,15)(H,16,17). The van der Waals surface area contributed by atoms with Crippen LogP contribution in [0.15, 0.2) is 10.9 Å². The number of nitrogens with zero attached hydrogens (tertiary/aromatic N) is 1. The number of fused-ring (bicyclic) bond motifs is 1. The molecule has 0 atom stereocenters. The minimum Gasteiger partial charge on any atom is -0.477 e. The molecule has 1 aliphatic rings. The number of rotatable bonds is 2. The maximum atomic E-state index is 11.5. The molecule has 5 heteroatoms. The Bertz CT molecular complexity index is 505. The topological polar surface area (TPSA) is 73.4 Å². The first kappa shape index (κ1) is 11.9. The average molecular weight is 236 g/mol. The maximum absolute atomic E-state index is 11.5. The number of hydrogen-bond acceptors (Lipinski definition) is 3. The van der Waals surface area contributed by atoms with Gasteiger partial charge in [0, 0.05) is 31.2 Å². The minimum atomic E-state index is -1.17. The second-order valence-corrected chi connectivity index (χ2v) is 4.64. The van der Waals surface area contributed by atoms with Gasteiger partial charge in [0.1, 0.15) is 5.56 Å². The van der Waals surface area contributed by atoms with Gasteiger partial charge in [-0.05, 0) is 25.5 Å². The number of H-pyrrole nitrogens is 1. The van der Waals surface area contributed by atoms with E-state index in [0.717, 1.165) is 24.2 Å². The van der Waals surface area contributed by atoms with Crippen LogP contribution < -0.4 is 5.56 Å². The number of nitrogens with one attached hydrogen (secondary N) is 1. The van der Waals surface area contributed by atoms with Crippen LogP contribution in [0.4, 0.5) is 0 Å². The zero-order chi connectivity index (χ0) is 12.6. The van der Waals surface area contributed by atoms with E-state index >= 15 is 0 Å². The van der Waals surface area contributed by atoms with Gasteiger partial charge >= 0.3 is 5.97 Å². The molecule has 2 rings (SSSR count). The summed E-state index contributed by atoms with van der Waals surface area (Å²) in [5, 5.41) is 8.91. The highest BCUT2D eigenvalue weighted by molar-refractivity contribution is 5.87. The van der Waals surface area contributed by atoms with Crippen LogP contribution in [0.5, 0.6) is 0 Å². The summed E-state index contributed by atoms with van der Waals surface area (Å²) in [6.07, 6.45) is 0.767. The molecule has 1 aliphatic heterocycles. The Labute approximate surface area is 99.1 Å². The summed E-state index contributed by atoms with van der Waals surface area (Å²) in [6.45, 7) is 5.81. The van der Waals surface area contributed by atoms with Gasteiger partial charge in [0.15, 0.2) is 0 Å². The molecule has 92 valence electrons. The van der Waals surface area contributed by atoms with Crippen molar-refractivity contribution in [3.05, 3.63) is 33.2 Å². The molecule has 0 aliphatic carbocycles. The van der Waals surface area contributed by atoms with Crippen LogP contribution in [0.1, 0.15) is 35.5 Å². The molecule has 17 heavy (non-hydrogen) atoms. The van der Waals surface area contributed by atoms with Crippen molar-refractivity contribution in [1.29, 1.82) is 0 Å². The molecule has 2 heterocycles. The highest BCUT2D eigenvalue weighted by Gasteiger charge is 2.21. The number of carboxylic acid groups (broad SMARTS) is 1. The van der Waals surface area contributed by atoms with Gasteiger partial charge in [0.25, 0.3) is 5.56 Å². The normalized spacial score (nSPS) is 15.9. The summed E-state index contributed by atoms with van der Waals surface area (Å²) in [5.74, 6) is -1.17. The lowest BCUT2D eigenvalue weighted by Gasteiger charge is -2.31. The van der Waals surface area contributed by atoms with Crippen molar-refractivity contribution in [3.8, 4) is 0 Å². The van der Waals surface area contributed by atoms with Crippen molar-refractivity contribution in [1.82, 2.24) is 9.88 Å². The van der Waals surface area contributed by atoms with E-state index in [0.29, 0.717) is 12.6 Å². The van der Waals surface area contributed by atoms with Gasteiger partial charge in [-0.3, -0.25) is 9.69 Å². The predicted octanol–water partition coefficient (Wildman–Crippen LogP) is 0.840. The van der Waals surface area contributed by atoms with Crippen molar-refractivity contribution in [3.63, 3.8) is 0 Å². The van der Waals surface area contributed by atoms with Crippen molar-refractivity contribution >= 4 is 5.97 Å². The first-order chi connectivity index (χ1) is 7.99. The minimum absolute atomic E-state index is 0.172. The van der Waals surface area contributed by atoms with Gasteiger partial charge in [-0.2, -0.15) is 0 Å². The van der Waals surface area contributed by atoms with E-state index in [-0.39, 0.29) is 5.56 Å². The molecule has 2 N–H and O–H groups in total. The molecule has 0 unspecified atom stereocenters. The summed E-state index contributed by atoms with van der Waals surface area (Å²) in [4.78, 5) is 27.3. The number of carbonyl (C=O) groups is 1. The van der Waals surface area contributed by atoms with Crippen LogP contribution in [-0.2, 0) is 13.0 Å². The van der Waals surface area contributed by atoms with E-state index in [1.54, 1.807) is 0 Å². The van der Waals surface area contributed by atoms with Crippen LogP contribution in [0.25, 0.3) is 0 Å². The van der Waals surface area contributed by atoms with Crippen LogP contribution >= 0.6 is 0 Å². The first-order valence-corrected chi connectivity index (χ1v) is 5.71. The quantitative estimate of drug-likeness (QED) is 0.798. The zero-order valence-corrected chi connectivity index (χ0v) is 9.99. The fourth-order valence-corrected chi connectivity index (χ4v) is 2.13. The monoisotopic (exact) mass is 236 g/mol. The Kier molecular flexibility index (Phi) is 3.02. The molecule has 0 aromatic carbocycles. The van der Waals surface area contributed by atoms with Crippen LogP contribution in [-0.4, -0.2) is 33.5 Å². The molecule has 0 saturated heterocycles. The van der Waals surface area contributed by atoms with E-state index in [1.807, 2.05) is 0 Å². The van der Waals surface area contributed by atoms with E-state index in [9.17, 15) is 9.59 Å². The smallest absolute Gasteiger partial charge is 0.341 e. The highest BCUT2D eigenvalue weighted by Crippen LogP contribution is 2.18. The summed E-state index contributed by atoms with van der Waals surface area (Å²) in [7, 11) is 0. The summed E-state index contributed by atoms with van der Waals surface area (Å²) in [5.41, 5.74) is 1.11. The summed E-state index contributed by atoms with van der Waals surface area (Å²) >= 11 is 0. The van der Waals surface area contributed by atoms with Gasteiger partial charge in [-0.15, -0.1) is 0 Å². The lowest BCUT2D eigenvalue weighted by atomic mass is 10.0. The van der Waals surface area contributed by atoms with Crippen molar-refractivity contribution in [2.75, 3.05) is 6.54 Å². The number of hydrogen-bond donors (Lipinski definition) is 2. The molecule has 0 saturated carbocycles. The van der Waals surface area contributed by atoms with E-state index in [4.69, 9.17) is 5.11 Å². The fourth-order valence-electron chi connectivity index (χ4n) is 2.13. The maximum Gasteiger partial charge on any atom is 0.341 e. The van der Waals surface area contributed by atoms with Crippen LogP contribution in [0.2, 0.25) is 0 Å². The number of aromatic nitrogens is 1. The Hall–Kier alpha value is -1.62. The SMILES string of the molecule is CC(C)N1CCc2[nH]c(=O)c(C(=O)O)cc2C1. The second kappa shape index (κ2) is 4.33. The van der Waals surface area contributed by atoms with Crippen LogP contribution in [0.3, 0.4) is 0 Å². The number of aromatic carboxylic acids is 1. The molecule has 0 bridgehead atoms. The molecule has 0 radical (unpaired) electrons. The summed E-state index contributed by atoms with van der Waals surface area (Å²) in [6, 6.07) is 1.92. The number of carboxylic acids is 1. The van der Waals surface area contributed by atoms with E-state index < -0.39 is 11.5 Å². The second-order valence-electron chi connectivity index (χ2n) is 4.64. The Morgan fingerprint density at radius 1 is 1.53 bits per heavy atom. The van der Waals surface area contributed by atoms with Gasteiger partial charge in [-0.25, -0.2) is 4.79 Å². The number of aromatic amines is 1. The van der Waals surface area contributed by atoms with Crippen LogP contribution in [0, 0.1) is 0 Å². The lowest BCUT2D eigenvalue weighted by molar-refractivity contribution is 0.0694. The Balaban J connectivity index is 2.40. The molecule has 5 nitrogen and oxygen atoms in total. The molecular formula is C12H16N2O3. The fraction of sp³-hybridized carbons (Fsp3) is 0.500. The van der Waals surface area contributed by atoms with Gasteiger partial charge < -0.3 is 10.1 Å². The average Bonchev–Trinajstić information content (AvgIpc) is 2.27. The Morgan fingerprint density at radius 2 is 2.24 bits per heavy atom. The highest BCUT2D eigenvalue weighted by atomic mass is 16.4. The van der Waals surface area contributed by atoms with Crippen molar-refractivity contribution in [2.45, 2.75) is 32.9 Å². The van der Waals surface area contributed by atoms with Gasteiger partial charge in [0.2, 0.25) is 0 Å². The molecule has 0 amide bonds. The third-order valence-corrected chi connectivity index (χ3v) is 3.20. The lowest BCUT2D eigenvalue weighted by Crippen LogP contribution is -2.37. The van der Waals surface area contributed by atoms with Crippen molar-refractivity contribution < 1.29 is 9.90 Å². The number of pyridine rings is 1. The zero-order valence-electron chi connectivity index (χ0n) is 9.99. The van der Waals surface area contributed by atoms with Gasteiger partial charge in [-0.1, -0.05) is 0 Å². The predicted molar refractivity (Wildman–Crippen MR) is 63.3 cm³/mol. The molecule has 0 spiro atoms.